The number of hydrogen-bond acceptors (Lipinski definition) is 4. The summed E-state index contributed by atoms with van der Waals surface area (Å²) in [4.78, 5) is 5.07. The molecule has 1 saturated heterocycles. The highest BCUT2D eigenvalue weighted by molar-refractivity contribution is 5.54. The fourth-order valence-corrected chi connectivity index (χ4v) is 2.85. The lowest BCUT2D eigenvalue weighted by molar-refractivity contribution is 0.199. The average molecular weight is 291 g/mol. The number of anilines is 1. The molecule has 1 fully saturated rings. The Bertz CT molecular complexity index is 414. The number of nitrogens with zero attached hydrogens (tertiary/aromatic N) is 2. The van der Waals surface area contributed by atoms with Crippen molar-refractivity contribution < 1.29 is 4.74 Å². The van der Waals surface area contributed by atoms with Crippen molar-refractivity contribution in [3.63, 3.8) is 0 Å². The van der Waals surface area contributed by atoms with Crippen molar-refractivity contribution in [1.82, 2.24) is 10.2 Å². The number of piperazine rings is 1. The van der Waals surface area contributed by atoms with Gasteiger partial charge in [-0.3, -0.25) is 4.90 Å². The first kappa shape index (κ1) is 16.3. The third kappa shape index (κ3) is 4.70. The second-order valence-electron chi connectivity index (χ2n) is 5.92. The highest BCUT2D eigenvalue weighted by Gasteiger charge is 2.20. The van der Waals surface area contributed by atoms with E-state index in [0.717, 1.165) is 45.9 Å². The third-order valence-corrected chi connectivity index (χ3v) is 4.18. The molecule has 0 unspecified atom stereocenters. The molecule has 1 aliphatic heterocycles. The van der Waals surface area contributed by atoms with Gasteiger partial charge in [-0.25, -0.2) is 0 Å². The Hall–Kier alpha value is -1.10. The minimum absolute atomic E-state index is 0.651. The van der Waals surface area contributed by atoms with Crippen molar-refractivity contribution >= 4 is 5.69 Å². The zero-order valence-corrected chi connectivity index (χ0v) is 13.6. The van der Waals surface area contributed by atoms with Crippen LogP contribution in [0.3, 0.4) is 0 Å². The average Bonchev–Trinajstić information content (AvgIpc) is 2.52. The molecule has 0 atom stereocenters. The highest BCUT2D eigenvalue weighted by Crippen LogP contribution is 2.22. The lowest BCUT2D eigenvalue weighted by atomic mass is 10.1. The molecule has 21 heavy (non-hydrogen) atoms. The van der Waals surface area contributed by atoms with Crippen LogP contribution in [0.2, 0.25) is 0 Å². The summed E-state index contributed by atoms with van der Waals surface area (Å²) < 4.78 is 5.08. The van der Waals surface area contributed by atoms with Gasteiger partial charge in [0.15, 0.2) is 0 Å². The van der Waals surface area contributed by atoms with E-state index in [4.69, 9.17) is 4.74 Å². The molecule has 0 radical (unpaired) electrons. The molecule has 1 aromatic rings. The molecule has 1 aliphatic rings. The summed E-state index contributed by atoms with van der Waals surface area (Å²) in [6.45, 7) is 11.7. The molecule has 1 aromatic carbocycles. The second kappa shape index (κ2) is 8.37. The minimum Gasteiger partial charge on any atom is -0.383 e. The first-order valence-corrected chi connectivity index (χ1v) is 7.99. The molecule has 0 saturated carbocycles. The number of para-hydroxylation sites is 1. The molecule has 1 heterocycles. The van der Waals surface area contributed by atoms with Crippen LogP contribution in [0, 0.1) is 0 Å². The Morgan fingerprint density at radius 3 is 2.52 bits per heavy atom. The van der Waals surface area contributed by atoms with Crippen molar-refractivity contribution in [2.45, 2.75) is 26.4 Å². The van der Waals surface area contributed by atoms with Crippen LogP contribution >= 0.6 is 0 Å². The van der Waals surface area contributed by atoms with E-state index in [9.17, 15) is 0 Å². The van der Waals surface area contributed by atoms with E-state index in [-0.39, 0.29) is 0 Å². The van der Waals surface area contributed by atoms with Gasteiger partial charge in [-0.2, -0.15) is 0 Å². The monoisotopic (exact) mass is 291 g/mol. The Balaban J connectivity index is 1.93. The van der Waals surface area contributed by atoms with Crippen molar-refractivity contribution in [3.8, 4) is 0 Å². The van der Waals surface area contributed by atoms with Crippen molar-refractivity contribution in [2.24, 2.45) is 0 Å². The number of hydrogen-bond donors (Lipinski definition) is 1. The van der Waals surface area contributed by atoms with Gasteiger partial charge in [-0.1, -0.05) is 18.2 Å². The maximum atomic E-state index is 5.08. The standard InChI is InChI=1S/C17H29N3O/c1-15(2)19-9-11-20(12-10-19)17-7-5-4-6-16(17)14-18-8-13-21-3/h4-7,15,18H,8-14H2,1-3H3. The van der Waals surface area contributed by atoms with Crippen molar-refractivity contribution in [1.29, 1.82) is 0 Å². The summed E-state index contributed by atoms with van der Waals surface area (Å²) in [5.41, 5.74) is 2.76. The van der Waals surface area contributed by atoms with E-state index < -0.39 is 0 Å². The van der Waals surface area contributed by atoms with Crippen LogP contribution in [-0.2, 0) is 11.3 Å². The van der Waals surface area contributed by atoms with Gasteiger partial charge >= 0.3 is 0 Å². The zero-order valence-electron chi connectivity index (χ0n) is 13.6. The maximum absolute atomic E-state index is 5.08. The van der Waals surface area contributed by atoms with E-state index in [1.165, 1.54) is 11.3 Å². The van der Waals surface area contributed by atoms with E-state index in [1.54, 1.807) is 7.11 Å². The lowest BCUT2D eigenvalue weighted by Gasteiger charge is -2.38. The predicted octanol–water partition coefficient (Wildman–Crippen LogP) is 1.95. The number of methoxy groups -OCH3 is 1. The number of benzene rings is 1. The molecule has 2 rings (SSSR count). The summed E-state index contributed by atoms with van der Waals surface area (Å²) in [5.74, 6) is 0. The number of ether oxygens (including phenoxy) is 1. The molecule has 4 heteroatoms. The summed E-state index contributed by atoms with van der Waals surface area (Å²) in [7, 11) is 1.74. The molecule has 0 aromatic heterocycles. The summed E-state index contributed by atoms with van der Waals surface area (Å²) in [5, 5.41) is 3.45. The van der Waals surface area contributed by atoms with Crippen molar-refractivity contribution in [3.05, 3.63) is 29.8 Å². The highest BCUT2D eigenvalue weighted by atomic mass is 16.5. The number of nitrogens with one attached hydrogen (secondary N) is 1. The van der Waals surface area contributed by atoms with Gasteiger partial charge in [-0.05, 0) is 25.5 Å². The third-order valence-electron chi connectivity index (χ3n) is 4.18. The zero-order chi connectivity index (χ0) is 15.1. The normalized spacial score (nSPS) is 16.7. The lowest BCUT2D eigenvalue weighted by Crippen LogP contribution is -2.49. The molecule has 0 spiro atoms. The molecule has 0 bridgehead atoms. The summed E-state index contributed by atoms with van der Waals surface area (Å²) >= 11 is 0. The molecular weight excluding hydrogens is 262 g/mol. The van der Waals surface area contributed by atoms with Gasteiger partial charge in [0.1, 0.15) is 0 Å². The first-order chi connectivity index (χ1) is 10.2. The molecule has 1 N–H and O–H groups in total. The van der Waals surface area contributed by atoms with Crippen LogP contribution in [0.1, 0.15) is 19.4 Å². The van der Waals surface area contributed by atoms with Gasteiger partial charge < -0.3 is 15.0 Å². The van der Waals surface area contributed by atoms with E-state index in [2.05, 4.69) is 53.2 Å². The first-order valence-electron chi connectivity index (χ1n) is 7.99. The van der Waals surface area contributed by atoms with Crippen LogP contribution in [0.15, 0.2) is 24.3 Å². The van der Waals surface area contributed by atoms with Gasteiger partial charge in [-0.15, -0.1) is 0 Å². The minimum atomic E-state index is 0.651. The van der Waals surface area contributed by atoms with Crippen LogP contribution in [-0.4, -0.2) is 57.4 Å². The van der Waals surface area contributed by atoms with Gasteiger partial charge in [0.05, 0.1) is 6.61 Å². The fraction of sp³-hybridized carbons (Fsp3) is 0.647. The van der Waals surface area contributed by atoms with E-state index >= 15 is 0 Å². The Morgan fingerprint density at radius 1 is 1.14 bits per heavy atom. The summed E-state index contributed by atoms with van der Waals surface area (Å²) in [6.07, 6.45) is 0. The molecule has 0 amide bonds. The van der Waals surface area contributed by atoms with Crippen molar-refractivity contribution in [2.75, 3.05) is 51.3 Å². The van der Waals surface area contributed by atoms with Gasteiger partial charge in [0.25, 0.3) is 0 Å². The molecule has 0 aliphatic carbocycles. The SMILES string of the molecule is COCCNCc1ccccc1N1CCN(C(C)C)CC1. The Kier molecular flexibility index (Phi) is 6.49. The number of rotatable bonds is 7. The Morgan fingerprint density at radius 2 is 1.86 bits per heavy atom. The van der Waals surface area contributed by atoms with Gasteiger partial charge in [0.2, 0.25) is 0 Å². The maximum Gasteiger partial charge on any atom is 0.0587 e. The van der Waals surface area contributed by atoms with E-state index in [0.29, 0.717) is 6.04 Å². The van der Waals surface area contributed by atoms with Gasteiger partial charge in [0, 0.05) is 58.1 Å². The van der Waals surface area contributed by atoms with Crippen LogP contribution in [0.25, 0.3) is 0 Å². The molecule has 4 nitrogen and oxygen atoms in total. The fourth-order valence-electron chi connectivity index (χ4n) is 2.85. The van der Waals surface area contributed by atoms with E-state index in [1.807, 2.05) is 0 Å². The van der Waals surface area contributed by atoms with Crippen LogP contribution < -0.4 is 10.2 Å². The predicted molar refractivity (Wildman–Crippen MR) is 88.9 cm³/mol. The Labute approximate surface area is 129 Å². The van der Waals surface area contributed by atoms with Crippen LogP contribution in [0.4, 0.5) is 5.69 Å². The van der Waals surface area contributed by atoms with Crippen LogP contribution in [0.5, 0.6) is 0 Å². The molecular formula is C17H29N3O. The topological polar surface area (TPSA) is 27.7 Å². The largest absolute Gasteiger partial charge is 0.383 e. The summed E-state index contributed by atoms with van der Waals surface area (Å²) in [6, 6.07) is 9.39. The second-order valence-corrected chi connectivity index (χ2v) is 5.92. The molecule has 118 valence electrons. The quantitative estimate of drug-likeness (QED) is 0.777. The smallest absolute Gasteiger partial charge is 0.0587 e.